The highest BCUT2D eigenvalue weighted by Crippen LogP contribution is 2.27. The molecule has 1 aromatic rings. The van der Waals surface area contributed by atoms with Crippen LogP contribution in [-0.4, -0.2) is 53.8 Å². The molecule has 1 aliphatic rings. The molecular formula is C19H29N5O6. The number of nitrogens with one attached hydrogen (secondary N) is 1. The van der Waals surface area contributed by atoms with Gasteiger partial charge in [-0.1, -0.05) is 20.8 Å². The van der Waals surface area contributed by atoms with Crippen LogP contribution in [0.2, 0.25) is 0 Å². The molecule has 0 aromatic carbocycles. The number of hydrogen-bond donors (Lipinski definition) is 2. The molecule has 0 saturated heterocycles. The lowest BCUT2D eigenvalue weighted by Crippen LogP contribution is -2.31. The fourth-order valence-corrected chi connectivity index (χ4v) is 2.92. The minimum Gasteiger partial charge on any atom is -0.465 e. The number of aromatic nitrogens is 2. The molecule has 0 atom stereocenters. The number of hydrogen-bond acceptors (Lipinski definition) is 10. The largest absolute Gasteiger partial charge is 0.465 e. The van der Waals surface area contributed by atoms with E-state index in [1.807, 2.05) is 4.90 Å². The molecule has 1 aliphatic heterocycles. The Morgan fingerprint density at radius 2 is 1.70 bits per heavy atom. The van der Waals surface area contributed by atoms with Gasteiger partial charge >= 0.3 is 11.9 Å². The summed E-state index contributed by atoms with van der Waals surface area (Å²) < 4.78 is 11.3. The van der Waals surface area contributed by atoms with Crippen molar-refractivity contribution < 1.29 is 23.9 Å². The van der Waals surface area contributed by atoms with Crippen LogP contribution in [0.4, 0.5) is 17.5 Å². The minimum absolute atomic E-state index is 0.125. The average molecular weight is 423 g/mol. The van der Waals surface area contributed by atoms with Gasteiger partial charge in [0.1, 0.15) is 5.69 Å². The predicted molar refractivity (Wildman–Crippen MR) is 110 cm³/mol. The lowest BCUT2D eigenvalue weighted by molar-refractivity contribution is -0.148. The molecule has 0 amide bonds. The van der Waals surface area contributed by atoms with Gasteiger partial charge < -0.3 is 25.4 Å². The zero-order valence-electron chi connectivity index (χ0n) is 17.6. The predicted octanol–water partition coefficient (Wildman–Crippen LogP) is 0.978. The number of esters is 2. The molecular weight excluding hydrogens is 394 g/mol. The van der Waals surface area contributed by atoms with Crippen LogP contribution in [0.5, 0.6) is 0 Å². The van der Waals surface area contributed by atoms with E-state index in [0.29, 0.717) is 25.5 Å². The van der Waals surface area contributed by atoms with Gasteiger partial charge in [-0.2, -0.15) is 4.98 Å². The summed E-state index contributed by atoms with van der Waals surface area (Å²) in [5.41, 5.74) is 5.53. The number of rotatable bonds is 10. The highest BCUT2D eigenvalue weighted by atomic mass is 16.5. The van der Waals surface area contributed by atoms with Crippen LogP contribution in [0, 0.1) is 5.92 Å². The average Bonchev–Trinajstić information content (AvgIpc) is 3.15. The van der Waals surface area contributed by atoms with E-state index in [0.717, 1.165) is 4.57 Å². The van der Waals surface area contributed by atoms with Crippen LogP contribution < -0.4 is 21.5 Å². The molecule has 1 aromatic heterocycles. The van der Waals surface area contributed by atoms with Gasteiger partial charge in [-0.25, -0.2) is 4.57 Å². The summed E-state index contributed by atoms with van der Waals surface area (Å²) in [7, 11) is 0. The molecule has 0 aliphatic carbocycles. The second kappa shape index (κ2) is 10.6. The Morgan fingerprint density at radius 1 is 1.10 bits per heavy atom. The van der Waals surface area contributed by atoms with Crippen LogP contribution in [0.3, 0.4) is 0 Å². The van der Waals surface area contributed by atoms with Crippen molar-refractivity contribution in [2.75, 3.05) is 42.4 Å². The van der Waals surface area contributed by atoms with Crippen molar-refractivity contribution >= 4 is 35.3 Å². The summed E-state index contributed by atoms with van der Waals surface area (Å²) in [4.78, 5) is 53.6. The van der Waals surface area contributed by atoms with Crippen molar-refractivity contribution in [3.63, 3.8) is 0 Å². The van der Waals surface area contributed by atoms with E-state index in [9.17, 15) is 19.2 Å². The van der Waals surface area contributed by atoms with E-state index < -0.39 is 11.5 Å². The van der Waals surface area contributed by atoms with Gasteiger partial charge in [-0.15, -0.1) is 0 Å². The van der Waals surface area contributed by atoms with Gasteiger partial charge in [0.2, 0.25) is 11.9 Å². The number of anilines is 3. The first-order valence-electron chi connectivity index (χ1n) is 10.1. The summed E-state index contributed by atoms with van der Waals surface area (Å²) in [5.74, 6) is -1.09. The number of fused-ring (bicyclic) bond motifs is 1. The van der Waals surface area contributed by atoms with Gasteiger partial charge in [-0.3, -0.25) is 19.2 Å². The fraction of sp³-hybridized carbons (Fsp3) is 0.632. The maximum absolute atomic E-state index is 12.6. The second-order valence-corrected chi connectivity index (χ2v) is 6.88. The molecule has 3 N–H and O–H groups in total. The van der Waals surface area contributed by atoms with Crippen molar-refractivity contribution in [3.05, 3.63) is 10.4 Å². The Kier molecular flexibility index (Phi) is 8.19. The van der Waals surface area contributed by atoms with Crippen LogP contribution in [-0.2, 0) is 19.1 Å². The van der Waals surface area contributed by atoms with Crippen molar-refractivity contribution in [1.82, 2.24) is 9.55 Å². The third-order valence-electron chi connectivity index (χ3n) is 4.73. The molecule has 0 fully saturated rings. The van der Waals surface area contributed by atoms with Gasteiger partial charge in [0, 0.05) is 31.7 Å². The monoisotopic (exact) mass is 423 g/mol. The summed E-state index contributed by atoms with van der Waals surface area (Å²) >= 11 is 0. The Morgan fingerprint density at radius 3 is 2.23 bits per heavy atom. The molecule has 2 heterocycles. The molecule has 0 radical (unpaired) electrons. The number of ether oxygens (including phenoxy) is 2. The van der Waals surface area contributed by atoms with Gasteiger partial charge in [0.15, 0.2) is 5.82 Å². The standard InChI is InChI=1S/C19H29N5O6/c1-4-13(25)24-18(28)16-17(22-19(24)20)23(11-21-16)8-7-12(9-29-14(26)5-2)10-30-15(27)6-3/h12,21H,4-11H2,1-3H3,(H2,20,22). The normalized spacial score (nSPS) is 12.5. The van der Waals surface area contributed by atoms with E-state index in [1.165, 1.54) is 0 Å². The van der Waals surface area contributed by atoms with E-state index in [4.69, 9.17) is 15.2 Å². The minimum atomic E-state index is -0.530. The van der Waals surface area contributed by atoms with E-state index in [1.54, 1.807) is 20.8 Å². The maximum atomic E-state index is 12.6. The van der Waals surface area contributed by atoms with E-state index >= 15 is 0 Å². The Hall–Kier alpha value is -3.11. The van der Waals surface area contributed by atoms with Crippen LogP contribution in [0.1, 0.15) is 51.2 Å². The summed E-state index contributed by atoms with van der Waals surface area (Å²) in [6, 6.07) is 0. The Bertz CT molecular complexity index is 833. The van der Waals surface area contributed by atoms with Gasteiger partial charge in [0.05, 0.1) is 19.9 Å². The number of nitrogen functional groups attached to an aromatic ring is 1. The van der Waals surface area contributed by atoms with Crippen molar-refractivity contribution in [1.29, 1.82) is 0 Å². The lowest BCUT2D eigenvalue weighted by atomic mass is 10.1. The molecule has 0 unspecified atom stereocenters. The fourth-order valence-electron chi connectivity index (χ4n) is 2.92. The SMILES string of the molecule is CCC(=O)OCC(CCN1CNc2c1nc(N)n(C(=O)CC)c2=O)COC(=O)CC. The molecule has 2 rings (SSSR count). The molecule has 0 bridgehead atoms. The highest BCUT2D eigenvalue weighted by Gasteiger charge is 2.28. The number of carbonyl (C=O) groups excluding carboxylic acids is 3. The quantitative estimate of drug-likeness (QED) is 0.522. The number of nitrogens with two attached hydrogens (primary N) is 1. The molecule has 0 saturated carbocycles. The Labute approximate surface area is 174 Å². The zero-order chi connectivity index (χ0) is 22.3. The summed E-state index contributed by atoms with van der Waals surface area (Å²) in [5, 5.41) is 2.96. The van der Waals surface area contributed by atoms with Crippen molar-refractivity contribution in [2.45, 2.75) is 46.5 Å². The zero-order valence-corrected chi connectivity index (χ0v) is 17.6. The van der Waals surface area contributed by atoms with Gasteiger partial charge in [-0.05, 0) is 6.42 Å². The maximum Gasteiger partial charge on any atom is 0.305 e. The van der Waals surface area contributed by atoms with Crippen molar-refractivity contribution in [3.8, 4) is 0 Å². The topological polar surface area (TPSA) is 146 Å². The Balaban J connectivity index is 2.10. The van der Waals surface area contributed by atoms with Crippen molar-refractivity contribution in [2.24, 2.45) is 5.92 Å². The van der Waals surface area contributed by atoms with Crippen LogP contribution in [0.25, 0.3) is 0 Å². The third kappa shape index (κ3) is 5.49. The highest BCUT2D eigenvalue weighted by molar-refractivity contribution is 5.84. The van der Waals surface area contributed by atoms with E-state index in [-0.39, 0.29) is 62.0 Å². The summed E-state index contributed by atoms with van der Waals surface area (Å²) in [6.45, 7) is 6.06. The van der Waals surface area contributed by atoms with Crippen LogP contribution in [0.15, 0.2) is 4.79 Å². The molecule has 30 heavy (non-hydrogen) atoms. The molecule has 11 heteroatoms. The van der Waals surface area contributed by atoms with Gasteiger partial charge in [0.25, 0.3) is 5.56 Å². The second-order valence-electron chi connectivity index (χ2n) is 6.88. The molecule has 0 spiro atoms. The first kappa shape index (κ1) is 23.2. The lowest BCUT2D eigenvalue weighted by Gasteiger charge is -2.22. The number of nitrogens with zero attached hydrogens (tertiary/aromatic N) is 3. The smallest absolute Gasteiger partial charge is 0.305 e. The number of carbonyl (C=O) groups is 3. The summed E-state index contributed by atoms with van der Waals surface area (Å²) in [6.07, 6.45) is 1.17. The first-order valence-corrected chi connectivity index (χ1v) is 10.1. The molecule has 166 valence electrons. The third-order valence-corrected chi connectivity index (χ3v) is 4.73. The van der Waals surface area contributed by atoms with E-state index in [2.05, 4.69) is 10.3 Å². The van der Waals surface area contributed by atoms with Crippen LogP contribution >= 0.6 is 0 Å². The first-order chi connectivity index (χ1) is 14.3. The molecule has 11 nitrogen and oxygen atoms in total.